The number of ether oxygens (including phenoxy) is 1. The topological polar surface area (TPSA) is 24.5 Å². The molecule has 0 aromatic heterocycles. The van der Waals surface area contributed by atoms with Crippen molar-refractivity contribution in [2.24, 2.45) is 0 Å². The van der Waals surface area contributed by atoms with Gasteiger partial charge in [-0.05, 0) is 31.5 Å². The molecule has 1 N–H and O–H groups in total. The van der Waals surface area contributed by atoms with Gasteiger partial charge in [-0.25, -0.2) is 0 Å². The lowest BCUT2D eigenvalue weighted by molar-refractivity contribution is 0.322. The van der Waals surface area contributed by atoms with Crippen molar-refractivity contribution in [3.63, 3.8) is 0 Å². The van der Waals surface area contributed by atoms with Gasteiger partial charge in [-0.1, -0.05) is 25.5 Å². The second kappa shape index (κ2) is 7.27. The van der Waals surface area contributed by atoms with Crippen LogP contribution in [0.5, 0.6) is 5.75 Å². The molecule has 3 nitrogen and oxygen atoms in total. The zero-order valence-electron chi connectivity index (χ0n) is 11.3. The lowest BCUT2D eigenvalue weighted by atomic mass is 10.2. The number of benzene rings is 1. The molecule has 0 unspecified atom stereocenters. The number of nitrogens with one attached hydrogen (secondary N) is 1. The Morgan fingerprint density at radius 2 is 2.17 bits per heavy atom. The molecule has 0 atom stereocenters. The van der Waals surface area contributed by atoms with Crippen molar-refractivity contribution in [2.45, 2.75) is 26.2 Å². The van der Waals surface area contributed by atoms with Gasteiger partial charge in [0.2, 0.25) is 0 Å². The molecule has 0 saturated heterocycles. The third-order valence-electron chi connectivity index (χ3n) is 3.30. The smallest absolute Gasteiger partial charge is 0.142 e. The Hall–Kier alpha value is -1.22. The van der Waals surface area contributed by atoms with Crippen molar-refractivity contribution < 1.29 is 4.74 Å². The molecule has 0 spiro atoms. The number of hydrogen-bond acceptors (Lipinski definition) is 3. The van der Waals surface area contributed by atoms with Crippen LogP contribution in [0.25, 0.3) is 0 Å². The van der Waals surface area contributed by atoms with Gasteiger partial charge < -0.3 is 15.0 Å². The van der Waals surface area contributed by atoms with E-state index in [4.69, 9.17) is 4.74 Å². The number of unbranched alkanes of at least 4 members (excludes halogenated alkanes) is 1. The van der Waals surface area contributed by atoms with E-state index in [1.807, 2.05) is 6.07 Å². The van der Waals surface area contributed by atoms with Gasteiger partial charge in [0.05, 0.1) is 12.3 Å². The van der Waals surface area contributed by atoms with Crippen LogP contribution in [0.2, 0.25) is 0 Å². The second-order valence-corrected chi connectivity index (χ2v) is 4.76. The average molecular weight is 248 g/mol. The summed E-state index contributed by atoms with van der Waals surface area (Å²) in [6.07, 6.45) is 3.62. The van der Waals surface area contributed by atoms with Gasteiger partial charge in [-0.2, -0.15) is 0 Å². The maximum absolute atomic E-state index is 5.76. The zero-order valence-corrected chi connectivity index (χ0v) is 11.3. The van der Waals surface area contributed by atoms with E-state index < -0.39 is 0 Å². The van der Waals surface area contributed by atoms with Crippen LogP contribution in [-0.4, -0.2) is 32.8 Å². The van der Waals surface area contributed by atoms with Crippen molar-refractivity contribution in [1.29, 1.82) is 0 Å². The fourth-order valence-corrected chi connectivity index (χ4v) is 2.27. The molecule has 1 heterocycles. The van der Waals surface area contributed by atoms with Crippen molar-refractivity contribution >= 4 is 5.69 Å². The van der Waals surface area contributed by atoms with E-state index in [1.54, 1.807) is 0 Å². The fourth-order valence-electron chi connectivity index (χ4n) is 2.27. The summed E-state index contributed by atoms with van der Waals surface area (Å²) in [5.41, 5.74) is 1.24. The fraction of sp³-hybridized carbons (Fsp3) is 0.600. The van der Waals surface area contributed by atoms with Crippen LogP contribution in [0.1, 0.15) is 26.2 Å². The average Bonchev–Trinajstić information content (AvgIpc) is 2.61. The van der Waals surface area contributed by atoms with Gasteiger partial charge in [0.15, 0.2) is 0 Å². The second-order valence-electron chi connectivity index (χ2n) is 4.76. The standard InChI is InChI=1S/C15H24N2O/c1-2-3-9-16-10-12-17-11-6-13-18-15-8-5-4-7-14(15)17/h4-5,7-8,16H,2-3,6,9-13H2,1H3. The third-order valence-corrected chi connectivity index (χ3v) is 3.30. The Bertz CT molecular complexity index is 354. The highest BCUT2D eigenvalue weighted by Gasteiger charge is 2.14. The minimum absolute atomic E-state index is 0.830. The van der Waals surface area contributed by atoms with Crippen LogP contribution in [0.15, 0.2) is 24.3 Å². The quantitative estimate of drug-likeness (QED) is 0.783. The molecule has 100 valence electrons. The summed E-state index contributed by atoms with van der Waals surface area (Å²) in [5, 5.41) is 3.50. The Morgan fingerprint density at radius 3 is 3.06 bits per heavy atom. The van der Waals surface area contributed by atoms with Gasteiger partial charge in [-0.3, -0.25) is 0 Å². The SMILES string of the molecule is CCCCNCCN1CCCOc2ccccc21. The van der Waals surface area contributed by atoms with E-state index in [0.29, 0.717) is 0 Å². The lowest BCUT2D eigenvalue weighted by Gasteiger charge is -2.23. The summed E-state index contributed by atoms with van der Waals surface area (Å²) in [5.74, 6) is 1.03. The third kappa shape index (κ3) is 3.64. The van der Waals surface area contributed by atoms with Crippen LogP contribution in [-0.2, 0) is 0 Å². The molecule has 1 aliphatic rings. The molecule has 2 rings (SSSR count). The highest BCUT2D eigenvalue weighted by atomic mass is 16.5. The van der Waals surface area contributed by atoms with Crippen molar-refractivity contribution in [2.75, 3.05) is 37.7 Å². The van der Waals surface area contributed by atoms with Crippen LogP contribution in [0, 0.1) is 0 Å². The molecular formula is C15H24N2O. The van der Waals surface area contributed by atoms with Crippen LogP contribution in [0.4, 0.5) is 5.69 Å². The molecule has 0 radical (unpaired) electrons. The van der Waals surface area contributed by atoms with Crippen LogP contribution >= 0.6 is 0 Å². The summed E-state index contributed by atoms with van der Waals surface area (Å²) in [6.45, 7) is 7.38. The first-order valence-corrected chi connectivity index (χ1v) is 7.09. The first kappa shape index (κ1) is 13.2. The van der Waals surface area contributed by atoms with Gasteiger partial charge in [0.25, 0.3) is 0 Å². The normalized spacial score (nSPS) is 14.8. The largest absolute Gasteiger partial charge is 0.491 e. The van der Waals surface area contributed by atoms with Gasteiger partial charge in [0, 0.05) is 19.6 Å². The molecule has 0 saturated carbocycles. The molecule has 0 amide bonds. The van der Waals surface area contributed by atoms with E-state index in [1.165, 1.54) is 18.5 Å². The van der Waals surface area contributed by atoms with E-state index in [0.717, 1.165) is 45.0 Å². The summed E-state index contributed by atoms with van der Waals surface area (Å²) < 4.78 is 5.76. The predicted octanol–water partition coefficient (Wildman–Crippen LogP) is 2.67. The van der Waals surface area contributed by atoms with Crippen LogP contribution < -0.4 is 15.0 Å². The highest BCUT2D eigenvalue weighted by Crippen LogP contribution is 2.29. The molecule has 1 aliphatic heterocycles. The molecule has 0 aliphatic carbocycles. The monoisotopic (exact) mass is 248 g/mol. The molecule has 3 heteroatoms. The minimum Gasteiger partial charge on any atom is -0.491 e. The number of anilines is 1. The maximum atomic E-state index is 5.76. The molecule has 0 bridgehead atoms. The maximum Gasteiger partial charge on any atom is 0.142 e. The Labute approximate surface area is 110 Å². The Morgan fingerprint density at radius 1 is 1.28 bits per heavy atom. The summed E-state index contributed by atoms with van der Waals surface area (Å²) in [7, 11) is 0. The summed E-state index contributed by atoms with van der Waals surface area (Å²) in [4.78, 5) is 2.43. The van der Waals surface area contributed by atoms with Crippen molar-refractivity contribution in [3.05, 3.63) is 24.3 Å². The molecule has 1 aromatic carbocycles. The zero-order chi connectivity index (χ0) is 12.6. The van der Waals surface area contributed by atoms with E-state index in [2.05, 4.69) is 35.3 Å². The number of nitrogens with zero attached hydrogens (tertiary/aromatic N) is 1. The number of hydrogen-bond donors (Lipinski definition) is 1. The van der Waals surface area contributed by atoms with Crippen molar-refractivity contribution in [3.8, 4) is 5.75 Å². The first-order chi connectivity index (χ1) is 8.92. The van der Waals surface area contributed by atoms with Gasteiger partial charge >= 0.3 is 0 Å². The van der Waals surface area contributed by atoms with Gasteiger partial charge in [0.1, 0.15) is 5.75 Å². The summed E-state index contributed by atoms with van der Waals surface area (Å²) >= 11 is 0. The van der Waals surface area contributed by atoms with E-state index in [9.17, 15) is 0 Å². The lowest BCUT2D eigenvalue weighted by Crippen LogP contribution is -2.33. The minimum atomic E-state index is 0.830. The predicted molar refractivity (Wildman–Crippen MR) is 76.5 cm³/mol. The van der Waals surface area contributed by atoms with Gasteiger partial charge in [-0.15, -0.1) is 0 Å². The Balaban J connectivity index is 1.88. The molecule has 0 fully saturated rings. The molecule has 18 heavy (non-hydrogen) atoms. The Kier molecular flexibility index (Phi) is 5.34. The van der Waals surface area contributed by atoms with Crippen LogP contribution in [0.3, 0.4) is 0 Å². The number of fused-ring (bicyclic) bond motifs is 1. The molecule has 1 aromatic rings. The molecular weight excluding hydrogens is 224 g/mol. The van der Waals surface area contributed by atoms with E-state index >= 15 is 0 Å². The summed E-state index contributed by atoms with van der Waals surface area (Å²) in [6, 6.07) is 8.36. The first-order valence-electron chi connectivity index (χ1n) is 7.09. The van der Waals surface area contributed by atoms with E-state index in [-0.39, 0.29) is 0 Å². The number of para-hydroxylation sites is 2. The highest BCUT2D eigenvalue weighted by molar-refractivity contribution is 5.58. The number of rotatable bonds is 6. The van der Waals surface area contributed by atoms with Crippen molar-refractivity contribution in [1.82, 2.24) is 5.32 Å².